The first-order valence-corrected chi connectivity index (χ1v) is 6.60. The smallest absolute Gasteiger partial charge is 0.241 e. The molecule has 18 heavy (non-hydrogen) atoms. The number of aromatic nitrogens is 3. The Balaban J connectivity index is 1.62. The number of rotatable bonds is 5. The fraction of sp³-hybridized carbons (Fsp3) is 0.750. The molecular formula is C12H21N5O. The number of carbonyl (C=O) groups excluding carboxylic acids is 1. The summed E-state index contributed by atoms with van der Waals surface area (Å²) in [6.07, 6.45) is 5.68. The van der Waals surface area contributed by atoms with Crippen LogP contribution in [0.25, 0.3) is 0 Å². The van der Waals surface area contributed by atoms with Gasteiger partial charge in [-0.1, -0.05) is 11.6 Å². The highest BCUT2D eigenvalue weighted by Gasteiger charge is 2.10. The van der Waals surface area contributed by atoms with Crippen molar-refractivity contribution in [2.45, 2.75) is 32.7 Å². The molecule has 100 valence electrons. The van der Waals surface area contributed by atoms with Crippen molar-refractivity contribution in [3.8, 4) is 0 Å². The molecule has 1 N–H and O–H groups in total. The lowest BCUT2D eigenvalue weighted by Crippen LogP contribution is -2.38. The number of likely N-dealkylation sites (tertiary alicyclic amines) is 1. The summed E-state index contributed by atoms with van der Waals surface area (Å²) in [5.74, 6) is -0.00286. The Labute approximate surface area is 107 Å². The zero-order chi connectivity index (χ0) is 12.8. The lowest BCUT2D eigenvalue weighted by Gasteiger charge is -2.26. The van der Waals surface area contributed by atoms with Gasteiger partial charge in [-0.15, -0.1) is 5.10 Å². The highest BCUT2D eigenvalue weighted by atomic mass is 16.2. The lowest BCUT2D eigenvalue weighted by molar-refractivity contribution is -0.121. The van der Waals surface area contributed by atoms with E-state index in [2.05, 4.69) is 20.5 Å². The molecule has 0 spiro atoms. The second kappa shape index (κ2) is 6.49. The molecule has 1 aromatic rings. The molecule has 0 aromatic carbocycles. The van der Waals surface area contributed by atoms with Crippen molar-refractivity contribution in [3.63, 3.8) is 0 Å². The predicted octanol–water partition coefficient (Wildman–Crippen LogP) is 0.189. The molecular weight excluding hydrogens is 230 g/mol. The number of nitrogens with one attached hydrogen (secondary N) is 1. The summed E-state index contributed by atoms with van der Waals surface area (Å²) in [6, 6.07) is 0. The summed E-state index contributed by atoms with van der Waals surface area (Å²) in [6.45, 7) is 6.10. The molecule has 0 bridgehead atoms. The van der Waals surface area contributed by atoms with Crippen LogP contribution in [0.1, 0.15) is 25.0 Å². The first kappa shape index (κ1) is 13.0. The van der Waals surface area contributed by atoms with Gasteiger partial charge in [0.15, 0.2) is 0 Å². The third-order valence-corrected chi connectivity index (χ3v) is 3.16. The van der Waals surface area contributed by atoms with E-state index in [1.54, 1.807) is 10.9 Å². The number of carbonyl (C=O) groups is 1. The Kier molecular flexibility index (Phi) is 4.69. The molecule has 1 fully saturated rings. The van der Waals surface area contributed by atoms with Gasteiger partial charge >= 0.3 is 0 Å². The van der Waals surface area contributed by atoms with E-state index in [1.165, 1.54) is 19.3 Å². The monoisotopic (exact) mass is 251 g/mol. The first-order chi connectivity index (χ1) is 8.74. The Bertz CT molecular complexity index is 384. The summed E-state index contributed by atoms with van der Waals surface area (Å²) in [5.41, 5.74) is 0.830. The average Bonchev–Trinajstić information content (AvgIpc) is 2.76. The summed E-state index contributed by atoms with van der Waals surface area (Å²) in [5, 5.41) is 10.6. The Morgan fingerprint density at radius 2 is 2.17 bits per heavy atom. The molecule has 2 heterocycles. The summed E-state index contributed by atoms with van der Waals surface area (Å²) in [4.78, 5) is 14.1. The molecule has 1 aromatic heterocycles. The van der Waals surface area contributed by atoms with E-state index in [-0.39, 0.29) is 12.5 Å². The SMILES string of the molecule is Cc1cn(CC(=O)NCCN2CCCCC2)nn1. The molecule has 6 heteroatoms. The second-order valence-corrected chi connectivity index (χ2v) is 4.81. The van der Waals surface area contributed by atoms with Crippen LogP contribution >= 0.6 is 0 Å². The van der Waals surface area contributed by atoms with Crippen molar-refractivity contribution < 1.29 is 4.79 Å². The van der Waals surface area contributed by atoms with E-state index in [1.807, 2.05) is 6.92 Å². The molecule has 1 amide bonds. The van der Waals surface area contributed by atoms with Crippen LogP contribution in [0, 0.1) is 6.92 Å². The number of nitrogens with zero attached hydrogens (tertiary/aromatic N) is 4. The zero-order valence-corrected chi connectivity index (χ0v) is 10.9. The van der Waals surface area contributed by atoms with Gasteiger partial charge in [-0.05, 0) is 32.9 Å². The van der Waals surface area contributed by atoms with Crippen LogP contribution in [0.4, 0.5) is 0 Å². The van der Waals surface area contributed by atoms with Crippen molar-refractivity contribution in [3.05, 3.63) is 11.9 Å². The minimum atomic E-state index is -0.00286. The van der Waals surface area contributed by atoms with E-state index in [9.17, 15) is 4.79 Å². The van der Waals surface area contributed by atoms with Crippen molar-refractivity contribution >= 4 is 5.91 Å². The predicted molar refractivity (Wildman–Crippen MR) is 68.1 cm³/mol. The molecule has 0 aliphatic carbocycles. The molecule has 1 aliphatic heterocycles. The highest BCUT2D eigenvalue weighted by Crippen LogP contribution is 2.07. The van der Waals surface area contributed by atoms with Gasteiger partial charge < -0.3 is 10.2 Å². The normalized spacial score (nSPS) is 16.7. The summed E-state index contributed by atoms with van der Waals surface area (Å²) < 4.78 is 1.56. The van der Waals surface area contributed by atoms with Gasteiger partial charge in [-0.3, -0.25) is 4.79 Å². The zero-order valence-electron chi connectivity index (χ0n) is 10.9. The molecule has 1 saturated heterocycles. The lowest BCUT2D eigenvalue weighted by atomic mass is 10.1. The molecule has 0 atom stereocenters. The topological polar surface area (TPSA) is 63.1 Å². The van der Waals surface area contributed by atoms with Gasteiger partial charge in [0.1, 0.15) is 6.54 Å². The van der Waals surface area contributed by atoms with Crippen molar-refractivity contribution in [2.24, 2.45) is 0 Å². The van der Waals surface area contributed by atoms with Crippen LogP contribution in [0.5, 0.6) is 0 Å². The van der Waals surface area contributed by atoms with Crippen LogP contribution in [0.3, 0.4) is 0 Å². The molecule has 1 aliphatic rings. The van der Waals surface area contributed by atoms with Crippen molar-refractivity contribution in [1.29, 1.82) is 0 Å². The van der Waals surface area contributed by atoms with Crippen LogP contribution in [0.15, 0.2) is 6.20 Å². The van der Waals surface area contributed by atoms with Crippen LogP contribution in [-0.2, 0) is 11.3 Å². The fourth-order valence-electron chi connectivity index (χ4n) is 2.21. The van der Waals surface area contributed by atoms with E-state index >= 15 is 0 Å². The standard InChI is InChI=1S/C12H21N5O/c1-11-9-17(15-14-11)10-12(18)13-5-8-16-6-3-2-4-7-16/h9H,2-8,10H2,1H3,(H,13,18). The fourth-order valence-corrected chi connectivity index (χ4v) is 2.21. The van der Waals surface area contributed by atoms with Crippen molar-refractivity contribution in [2.75, 3.05) is 26.2 Å². The van der Waals surface area contributed by atoms with Crippen LogP contribution in [-0.4, -0.2) is 52.0 Å². The van der Waals surface area contributed by atoms with Gasteiger partial charge in [-0.25, -0.2) is 4.68 Å². The Hall–Kier alpha value is -1.43. The number of aryl methyl sites for hydroxylation is 1. The highest BCUT2D eigenvalue weighted by molar-refractivity contribution is 5.75. The van der Waals surface area contributed by atoms with Gasteiger partial charge in [-0.2, -0.15) is 0 Å². The number of piperidine rings is 1. The Morgan fingerprint density at radius 1 is 1.39 bits per heavy atom. The maximum atomic E-state index is 11.6. The Morgan fingerprint density at radius 3 is 2.83 bits per heavy atom. The summed E-state index contributed by atoms with van der Waals surface area (Å²) >= 11 is 0. The second-order valence-electron chi connectivity index (χ2n) is 4.81. The molecule has 0 saturated carbocycles. The number of hydrogen-bond acceptors (Lipinski definition) is 4. The third kappa shape index (κ3) is 4.10. The quantitative estimate of drug-likeness (QED) is 0.811. The average molecular weight is 251 g/mol. The van der Waals surface area contributed by atoms with Gasteiger partial charge in [0.2, 0.25) is 5.91 Å². The van der Waals surface area contributed by atoms with Crippen LogP contribution < -0.4 is 5.32 Å². The van der Waals surface area contributed by atoms with Crippen molar-refractivity contribution in [1.82, 2.24) is 25.2 Å². The van der Waals surface area contributed by atoms with Gasteiger partial charge in [0.25, 0.3) is 0 Å². The molecule has 2 rings (SSSR count). The third-order valence-electron chi connectivity index (χ3n) is 3.16. The van der Waals surface area contributed by atoms with E-state index in [4.69, 9.17) is 0 Å². The van der Waals surface area contributed by atoms with E-state index in [0.29, 0.717) is 6.54 Å². The molecule has 0 unspecified atom stereocenters. The van der Waals surface area contributed by atoms with Crippen LogP contribution in [0.2, 0.25) is 0 Å². The largest absolute Gasteiger partial charge is 0.353 e. The maximum Gasteiger partial charge on any atom is 0.241 e. The molecule has 0 radical (unpaired) electrons. The number of amides is 1. The first-order valence-electron chi connectivity index (χ1n) is 6.60. The number of hydrogen-bond donors (Lipinski definition) is 1. The van der Waals surface area contributed by atoms with Gasteiger partial charge in [0.05, 0.1) is 5.69 Å². The maximum absolute atomic E-state index is 11.6. The van der Waals surface area contributed by atoms with Gasteiger partial charge in [0, 0.05) is 19.3 Å². The summed E-state index contributed by atoms with van der Waals surface area (Å²) in [7, 11) is 0. The molecule has 6 nitrogen and oxygen atoms in total. The minimum Gasteiger partial charge on any atom is -0.353 e. The van der Waals surface area contributed by atoms with E-state index < -0.39 is 0 Å². The minimum absolute atomic E-state index is 0.00286. The van der Waals surface area contributed by atoms with E-state index in [0.717, 1.165) is 25.3 Å².